The van der Waals surface area contributed by atoms with Gasteiger partial charge in [0.05, 0.1) is 39.3 Å². The molecule has 4 heterocycles. The molecule has 2 aliphatic rings. The molecule has 6 nitrogen and oxygen atoms in total. The first kappa shape index (κ1) is 19.2. The molecule has 5 rings (SSSR count). The Bertz CT molecular complexity index is 1220. The molecule has 0 radical (unpaired) electrons. The largest absolute Gasteiger partial charge is 0.469 e. The summed E-state index contributed by atoms with van der Waals surface area (Å²) in [5.41, 5.74) is -1.08. The monoisotopic (exact) mass is 452 g/mol. The summed E-state index contributed by atoms with van der Waals surface area (Å²) in [6.45, 7) is 0. The van der Waals surface area contributed by atoms with Gasteiger partial charge in [0.15, 0.2) is 0 Å². The summed E-state index contributed by atoms with van der Waals surface area (Å²) in [5, 5.41) is -0.417. The van der Waals surface area contributed by atoms with E-state index in [1.54, 1.807) is 12.1 Å². The maximum Gasteiger partial charge on any atom is 0.416 e. The van der Waals surface area contributed by atoms with Gasteiger partial charge in [0.25, 0.3) is 0 Å². The SMILES string of the molecule is O=C1[C@H]2[C@H](c3ccco3)c3sc(=O)[nH]c3S[C@H]2C(=O)N1c1cccc(C(F)(F)F)c1. The van der Waals surface area contributed by atoms with Gasteiger partial charge in [0.2, 0.25) is 11.8 Å². The Hall–Kier alpha value is -2.79. The number of aromatic amines is 1. The minimum Gasteiger partial charge on any atom is -0.469 e. The van der Waals surface area contributed by atoms with Crippen molar-refractivity contribution in [1.82, 2.24) is 4.98 Å². The molecular formula is C19H11F3N2O4S2. The number of amides is 2. The van der Waals surface area contributed by atoms with Crippen molar-refractivity contribution in [2.75, 3.05) is 4.90 Å². The Morgan fingerprint density at radius 1 is 1.07 bits per heavy atom. The minimum atomic E-state index is -4.61. The molecule has 154 valence electrons. The van der Waals surface area contributed by atoms with Crippen molar-refractivity contribution >= 4 is 40.6 Å². The van der Waals surface area contributed by atoms with E-state index in [0.29, 0.717) is 15.7 Å². The number of furan rings is 1. The number of imide groups is 1. The summed E-state index contributed by atoms with van der Waals surface area (Å²) < 4.78 is 44.9. The zero-order valence-electron chi connectivity index (χ0n) is 14.8. The second-order valence-corrected chi connectivity index (χ2v) is 8.99. The van der Waals surface area contributed by atoms with Crippen molar-refractivity contribution in [3.05, 3.63) is 68.5 Å². The van der Waals surface area contributed by atoms with Crippen LogP contribution in [0.5, 0.6) is 0 Å². The highest BCUT2D eigenvalue weighted by Crippen LogP contribution is 2.53. The molecule has 0 bridgehead atoms. The normalized spacial score (nSPS) is 23.6. The topological polar surface area (TPSA) is 83.4 Å². The summed E-state index contributed by atoms with van der Waals surface area (Å²) in [6.07, 6.45) is -3.18. The number of halogens is 3. The number of aromatic nitrogens is 1. The van der Waals surface area contributed by atoms with Gasteiger partial charge in [-0.15, -0.1) is 0 Å². The van der Waals surface area contributed by atoms with E-state index >= 15 is 0 Å². The van der Waals surface area contributed by atoms with Crippen LogP contribution in [0.4, 0.5) is 18.9 Å². The van der Waals surface area contributed by atoms with Gasteiger partial charge >= 0.3 is 11.0 Å². The van der Waals surface area contributed by atoms with Crippen LogP contribution in [-0.4, -0.2) is 22.0 Å². The standard InChI is InChI=1S/C19H11F3N2O4S2/c20-19(21,22)8-3-1-4-9(7-8)24-16(25)12-11(10-5-2-6-28-10)13-15(23-18(27)30-13)29-14(12)17(24)26/h1-7,11-12,14H,(H,23,27)/t11-,12-,14+/m0/s1. The summed E-state index contributed by atoms with van der Waals surface area (Å²) in [6, 6.07) is 7.41. The number of nitrogens with one attached hydrogen (secondary N) is 1. The molecule has 0 unspecified atom stereocenters. The lowest BCUT2D eigenvalue weighted by Gasteiger charge is -2.27. The molecule has 3 atom stereocenters. The molecule has 11 heteroatoms. The average Bonchev–Trinajstić information content (AvgIpc) is 3.39. The second-order valence-electron chi connectivity index (χ2n) is 6.83. The molecule has 0 spiro atoms. The molecule has 1 N–H and O–H groups in total. The van der Waals surface area contributed by atoms with E-state index in [0.717, 1.165) is 46.2 Å². The van der Waals surface area contributed by atoms with Crippen LogP contribution in [0.2, 0.25) is 0 Å². The number of H-pyrrole nitrogens is 1. The lowest BCUT2D eigenvalue weighted by Crippen LogP contribution is -2.32. The van der Waals surface area contributed by atoms with E-state index in [9.17, 15) is 27.6 Å². The summed E-state index contributed by atoms with van der Waals surface area (Å²) >= 11 is 1.98. The number of hydrogen-bond donors (Lipinski definition) is 1. The van der Waals surface area contributed by atoms with E-state index in [4.69, 9.17) is 4.42 Å². The Kier molecular flexibility index (Phi) is 4.23. The third-order valence-electron chi connectivity index (χ3n) is 5.11. The van der Waals surface area contributed by atoms with Crippen LogP contribution in [0, 0.1) is 5.92 Å². The first-order valence-electron chi connectivity index (χ1n) is 8.74. The van der Waals surface area contributed by atoms with Crippen molar-refractivity contribution in [1.29, 1.82) is 0 Å². The van der Waals surface area contributed by atoms with Crippen molar-refractivity contribution < 1.29 is 27.2 Å². The third kappa shape index (κ3) is 2.83. The van der Waals surface area contributed by atoms with Gasteiger partial charge in [-0.25, -0.2) is 4.90 Å². The molecule has 1 saturated heterocycles. The maximum absolute atomic E-state index is 13.3. The zero-order chi connectivity index (χ0) is 21.2. The van der Waals surface area contributed by atoms with E-state index in [1.807, 2.05) is 0 Å². The summed E-state index contributed by atoms with van der Waals surface area (Å²) in [5.74, 6) is -2.42. The molecule has 2 aromatic heterocycles. The number of anilines is 1. The quantitative estimate of drug-likeness (QED) is 0.598. The van der Waals surface area contributed by atoms with E-state index in [2.05, 4.69) is 4.98 Å². The van der Waals surface area contributed by atoms with Crippen molar-refractivity contribution in [2.45, 2.75) is 22.4 Å². The lowest BCUT2D eigenvalue weighted by molar-refractivity contribution is -0.137. The molecular weight excluding hydrogens is 441 g/mol. The molecule has 2 amide bonds. The Morgan fingerprint density at radius 2 is 1.87 bits per heavy atom. The third-order valence-corrected chi connectivity index (χ3v) is 7.51. The molecule has 1 fully saturated rings. The highest BCUT2D eigenvalue weighted by atomic mass is 32.2. The molecule has 2 aliphatic heterocycles. The molecule has 0 aliphatic carbocycles. The van der Waals surface area contributed by atoms with Gasteiger partial charge in [-0.2, -0.15) is 13.2 Å². The van der Waals surface area contributed by atoms with E-state index in [1.165, 1.54) is 12.3 Å². The Morgan fingerprint density at radius 3 is 2.57 bits per heavy atom. The fourth-order valence-electron chi connectivity index (χ4n) is 3.87. The van der Waals surface area contributed by atoms with Crippen LogP contribution in [-0.2, 0) is 15.8 Å². The molecule has 30 heavy (non-hydrogen) atoms. The van der Waals surface area contributed by atoms with Crippen LogP contribution in [0.15, 0.2) is 56.9 Å². The van der Waals surface area contributed by atoms with Crippen molar-refractivity contribution in [2.24, 2.45) is 5.92 Å². The number of thioether (sulfide) groups is 1. The van der Waals surface area contributed by atoms with Crippen LogP contribution in [0.3, 0.4) is 0 Å². The average molecular weight is 452 g/mol. The van der Waals surface area contributed by atoms with Gasteiger partial charge in [-0.3, -0.25) is 14.4 Å². The number of hydrogen-bond acceptors (Lipinski definition) is 6. The van der Waals surface area contributed by atoms with Gasteiger partial charge in [-0.05, 0) is 30.3 Å². The highest BCUT2D eigenvalue weighted by molar-refractivity contribution is 8.00. The number of thiazole rings is 1. The fourth-order valence-corrected chi connectivity index (χ4v) is 6.36. The highest BCUT2D eigenvalue weighted by Gasteiger charge is 2.57. The minimum absolute atomic E-state index is 0.134. The van der Waals surface area contributed by atoms with Gasteiger partial charge in [0, 0.05) is 0 Å². The number of fused-ring (bicyclic) bond motifs is 2. The predicted molar refractivity (Wildman–Crippen MR) is 103 cm³/mol. The van der Waals surface area contributed by atoms with Gasteiger partial charge in [-0.1, -0.05) is 29.2 Å². The van der Waals surface area contributed by atoms with Crippen LogP contribution < -0.4 is 9.77 Å². The van der Waals surface area contributed by atoms with Gasteiger partial charge in [0.1, 0.15) is 11.0 Å². The first-order valence-corrected chi connectivity index (χ1v) is 10.4. The van der Waals surface area contributed by atoms with E-state index in [-0.39, 0.29) is 10.6 Å². The lowest BCUT2D eigenvalue weighted by atomic mass is 9.87. The number of benzene rings is 1. The summed E-state index contributed by atoms with van der Waals surface area (Å²) in [7, 11) is 0. The van der Waals surface area contributed by atoms with Crippen LogP contribution >= 0.6 is 23.1 Å². The number of carbonyl (C=O) groups is 2. The second kappa shape index (κ2) is 6.61. The number of rotatable bonds is 2. The van der Waals surface area contributed by atoms with Crippen LogP contribution in [0.25, 0.3) is 0 Å². The first-order chi connectivity index (χ1) is 14.3. The van der Waals surface area contributed by atoms with Gasteiger partial charge < -0.3 is 9.40 Å². The Labute approximate surface area is 174 Å². The molecule has 3 aromatic rings. The summed E-state index contributed by atoms with van der Waals surface area (Å²) in [4.78, 5) is 42.1. The predicted octanol–water partition coefficient (Wildman–Crippen LogP) is 3.84. The molecule has 0 saturated carbocycles. The fraction of sp³-hybridized carbons (Fsp3) is 0.211. The number of carbonyl (C=O) groups excluding carboxylic acids is 2. The number of nitrogens with zero attached hydrogens (tertiary/aromatic N) is 1. The van der Waals surface area contributed by atoms with E-state index < -0.39 is 40.6 Å². The maximum atomic E-state index is 13.3. The molecule has 1 aromatic carbocycles. The smallest absolute Gasteiger partial charge is 0.416 e. The van der Waals surface area contributed by atoms with Crippen molar-refractivity contribution in [3.8, 4) is 0 Å². The number of alkyl halides is 3. The van der Waals surface area contributed by atoms with Crippen LogP contribution in [0.1, 0.15) is 22.1 Å². The Balaban J connectivity index is 1.62. The van der Waals surface area contributed by atoms with Crippen molar-refractivity contribution in [3.63, 3.8) is 0 Å². The zero-order valence-corrected chi connectivity index (χ0v) is 16.4.